The van der Waals surface area contributed by atoms with Crippen molar-refractivity contribution in [3.05, 3.63) is 29.8 Å². The number of likely N-dealkylation sites (N-methyl/N-ethyl adjacent to an activating group) is 1. The molecule has 1 aromatic carbocycles. The van der Waals surface area contributed by atoms with E-state index < -0.39 is 5.54 Å². The van der Waals surface area contributed by atoms with Crippen LogP contribution in [-0.2, 0) is 6.42 Å². The topological polar surface area (TPSA) is 45.0 Å². The maximum Gasteiger partial charge on any atom is 0.138 e. The fourth-order valence-corrected chi connectivity index (χ4v) is 1.87. The lowest BCUT2D eigenvalue weighted by Crippen LogP contribution is -2.46. The molecule has 0 fully saturated rings. The van der Waals surface area contributed by atoms with Crippen molar-refractivity contribution in [3.8, 4) is 11.8 Å². The van der Waals surface area contributed by atoms with Gasteiger partial charge in [0.2, 0.25) is 0 Å². The van der Waals surface area contributed by atoms with Crippen LogP contribution in [0.4, 0.5) is 0 Å². The van der Waals surface area contributed by atoms with Crippen molar-refractivity contribution >= 4 is 0 Å². The van der Waals surface area contributed by atoms with E-state index in [1.807, 2.05) is 26.0 Å². The summed E-state index contributed by atoms with van der Waals surface area (Å²) in [6, 6.07) is 10.4. The molecule has 0 saturated carbocycles. The molecule has 1 N–H and O–H groups in total. The van der Waals surface area contributed by atoms with Crippen molar-refractivity contribution in [2.75, 3.05) is 13.2 Å². The van der Waals surface area contributed by atoms with E-state index in [-0.39, 0.29) is 0 Å². The predicted molar refractivity (Wildman–Crippen MR) is 78.2 cm³/mol. The Labute approximate surface area is 116 Å². The molecule has 1 rings (SSSR count). The lowest BCUT2D eigenvalue weighted by Gasteiger charge is -2.22. The molecule has 3 heteroatoms. The third-order valence-electron chi connectivity index (χ3n) is 3.08. The van der Waals surface area contributed by atoms with Crippen LogP contribution >= 0.6 is 0 Å². The number of nitriles is 1. The van der Waals surface area contributed by atoms with Gasteiger partial charge < -0.3 is 4.74 Å². The average Bonchev–Trinajstić information content (AvgIpc) is 2.44. The van der Waals surface area contributed by atoms with Crippen molar-refractivity contribution in [1.82, 2.24) is 5.32 Å². The zero-order valence-corrected chi connectivity index (χ0v) is 12.2. The van der Waals surface area contributed by atoms with Crippen LogP contribution in [0.2, 0.25) is 0 Å². The number of ether oxygens (including phenoxy) is 1. The minimum absolute atomic E-state index is 0.353. The highest BCUT2D eigenvalue weighted by Crippen LogP contribution is 2.15. The molecule has 104 valence electrons. The van der Waals surface area contributed by atoms with Crippen LogP contribution in [0, 0.1) is 11.3 Å². The maximum absolute atomic E-state index is 9.14. The maximum atomic E-state index is 9.14. The summed E-state index contributed by atoms with van der Waals surface area (Å²) in [5.41, 5.74) is 0.708. The number of nitrogens with one attached hydrogen (secondary N) is 1. The lowest BCUT2D eigenvalue weighted by atomic mass is 10.1. The Morgan fingerprint density at radius 3 is 2.47 bits per heavy atom. The van der Waals surface area contributed by atoms with Crippen LogP contribution in [0.3, 0.4) is 0 Å². The highest BCUT2D eigenvalue weighted by Gasteiger charge is 2.23. The van der Waals surface area contributed by atoms with E-state index >= 15 is 0 Å². The summed E-state index contributed by atoms with van der Waals surface area (Å²) in [5.74, 6) is 0.819. The Morgan fingerprint density at radius 1 is 1.26 bits per heavy atom. The molecule has 0 spiro atoms. The zero-order valence-electron chi connectivity index (χ0n) is 12.2. The first-order valence-electron chi connectivity index (χ1n) is 7.01. The van der Waals surface area contributed by atoms with Gasteiger partial charge in [-0.2, -0.15) is 5.26 Å². The number of nitrogens with zero attached hydrogens (tertiary/aromatic N) is 1. The van der Waals surface area contributed by atoms with Gasteiger partial charge in [0.15, 0.2) is 0 Å². The molecule has 19 heavy (non-hydrogen) atoms. The minimum atomic E-state index is -0.629. The van der Waals surface area contributed by atoms with Crippen LogP contribution in [0.25, 0.3) is 0 Å². The first-order chi connectivity index (χ1) is 9.13. The molecule has 0 aliphatic carbocycles. The van der Waals surface area contributed by atoms with Gasteiger partial charge in [0, 0.05) is 0 Å². The molecule has 0 bridgehead atoms. The fraction of sp³-hybridized carbons (Fsp3) is 0.562. The number of aryl methyl sites for hydroxylation is 1. The van der Waals surface area contributed by atoms with Gasteiger partial charge in [-0.15, -0.1) is 0 Å². The largest absolute Gasteiger partial charge is 0.491 e. The van der Waals surface area contributed by atoms with Crippen molar-refractivity contribution in [1.29, 1.82) is 5.26 Å². The van der Waals surface area contributed by atoms with E-state index in [0.29, 0.717) is 6.61 Å². The first-order valence-corrected chi connectivity index (χ1v) is 7.01. The van der Waals surface area contributed by atoms with Gasteiger partial charge in [0.1, 0.15) is 17.9 Å². The Balaban J connectivity index is 2.51. The van der Waals surface area contributed by atoms with Crippen LogP contribution in [0.1, 0.15) is 39.2 Å². The van der Waals surface area contributed by atoms with E-state index in [1.165, 1.54) is 18.4 Å². The van der Waals surface area contributed by atoms with Crippen LogP contribution in [0.5, 0.6) is 5.75 Å². The van der Waals surface area contributed by atoms with E-state index in [2.05, 4.69) is 30.4 Å². The molecular formula is C16H24N2O. The van der Waals surface area contributed by atoms with Crippen LogP contribution in [0.15, 0.2) is 24.3 Å². The molecule has 0 aromatic heterocycles. The van der Waals surface area contributed by atoms with Gasteiger partial charge in [0.25, 0.3) is 0 Å². The summed E-state index contributed by atoms with van der Waals surface area (Å²) < 4.78 is 5.69. The molecule has 3 nitrogen and oxygen atoms in total. The molecule has 1 atom stereocenters. The number of hydrogen-bond acceptors (Lipinski definition) is 3. The van der Waals surface area contributed by atoms with Gasteiger partial charge in [-0.05, 0) is 44.0 Å². The number of benzene rings is 1. The van der Waals surface area contributed by atoms with E-state index in [4.69, 9.17) is 10.00 Å². The summed E-state index contributed by atoms with van der Waals surface area (Å²) >= 11 is 0. The van der Waals surface area contributed by atoms with Crippen LogP contribution in [-0.4, -0.2) is 18.7 Å². The molecule has 1 aromatic rings. The minimum Gasteiger partial charge on any atom is -0.491 e. The summed E-state index contributed by atoms with van der Waals surface area (Å²) in [5, 5.41) is 12.3. The average molecular weight is 260 g/mol. The van der Waals surface area contributed by atoms with Gasteiger partial charge in [-0.3, -0.25) is 5.32 Å². The quantitative estimate of drug-likeness (QED) is 0.780. The summed E-state index contributed by atoms with van der Waals surface area (Å²) in [6.45, 7) is 7.14. The second kappa shape index (κ2) is 7.81. The fourth-order valence-electron chi connectivity index (χ4n) is 1.87. The predicted octanol–water partition coefficient (Wildman–Crippen LogP) is 3.30. The monoisotopic (exact) mass is 260 g/mol. The second-order valence-corrected chi connectivity index (χ2v) is 5.01. The van der Waals surface area contributed by atoms with E-state index in [9.17, 15) is 0 Å². The van der Waals surface area contributed by atoms with E-state index in [0.717, 1.165) is 18.7 Å². The Hall–Kier alpha value is -1.53. The molecule has 0 radical (unpaired) electrons. The van der Waals surface area contributed by atoms with Crippen molar-refractivity contribution < 1.29 is 4.74 Å². The molecule has 0 heterocycles. The normalized spacial score (nSPS) is 13.6. The lowest BCUT2D eigenvalue weighted by molar-refractivity contribution is 0.236. The number of unbranched alkanes of at least 4 members (excludes halogenated alkanes) is 1. The third-order valence-corrected chi connectivity index (χ3v) is 3.08. The Morgan fingerprint density at radius 2 is 1.95 bits per heavy atom. The first kappa shape index (κ1) is 15.5. The zero-order chi connectivity index (χ0) is 14.1. The number of hydrogen-bond donors (Lipinski definition) is 1. The second-order valence-electron chi connectivity index (χ2n) is 5.01. The van der Waals surface area contributed by atoms with Gasteiger partial charge in [0.05, 0.1) is 6.07 Å². The SMILES string of the molecule is CCCCc1ccc(OCC(C)(C#N)NCC)cc1. The van der Waals surface area contributed by atoms with Gasteiger partial charge in [-0.1, -0.05) is 32.4 Å². The molecule has 0 aliphatic rings. The van der Waals surface area contributed by atoms with Crippen LogP contribution < -0.4 is 10.1 Å². The Bertz CT molecular complexity index is 408. The smallest absolute Gasteiger partial charge is 0.138 e. The van der Waals surface area contributed by atoms with E-state index in [1.54, 1.807) is 0 Å². The number of rotatable bonds is 8. The third kappa shape index (κ3) is 5.32. The highest BCUT2D eigenvalue weighted by atomic mass is 16.5. The van der Waals surface area contributed by atoms with Gasteiger partial charge in [-0.25, -0.2) is 0 Å². The highest BCUT2D eigenvalue weighted by molar-refractivity contribution is 5.27. The molecule has 0 amide bonds. The van der Waals surface area contributed by atoms with Crippen molar-refractivity contribution in [2.45, 2.75) is 45.6 Å². The van der Waals surface area contributed by atoms with Crippen molar-refractivity contribution in [3.63, 3.8) is 0 Å². The molecule has 0 saturated heterocycles. The molecule has 0 aliphatic heterocycles. The van der Waals surface area contributed by atoms with Crippen molar-refractivity contribution in [2.24, 2.45) is 0 Å². The Kier molecular flexibility index (Phi) is 6.38. The standard InChI is InChI=1S/C16H24N2O/c1-4-6-7-14-8-10-15(11-9-14)19-13-16(3,12-17)18-5-2/h8-11,18H,4-7,13H2,1-3H3. The molecular weight excluding hydrogens is 236 g/mol. The van der Waals surface area contributed by atoms with Gasteiger partial charge >= 0.3 is 0 Å². The summed E-state index contributed by atoms with van der Waals surface area (Å²) in [4.78, 5) is 0. The summed E-state index contributed by atoms with van der Waals surface area (Å²) in [7, 11) is 0. The molecule has 1 unspecified atom stereocenters. The summed E-state index contributed by atoms with van der Waals surface area (Å²) in [6.07, 6.45) is 3.54.